The topological polar surface area (TPSA) is 282 Å². The molecule has 6 rings (SSSR count). The smallest absolute Gasteiger partial charge is 0.334 e. The predicted molar refractivity (Wildman–Crippen MR) is 323 cm³/mol. The van der Waals surface area contributed by atoms with Gasteiger partial charge in [-0.15, -0.1) is 0 Å². The molecule has 4 N–H and O–H groups in total. The fourth-order valence-corrected chi connectivity index (χ4v) is 15.9. The van der Waals surface area contributed by atoms with Crippen LogP contribution in [0.2, 0.25) is 72.5 Å². The summed E-state index contributed by atoms with van der Waals surface area (Å²) < 4.78 is 110. The lowest BCUT2D eigenvalue weighted by Crippen LogP contribution is -2.59. The summed E-state index contributed by atoms with van der Waals surface area (Å²) in [6.45, 7) is 41.9. The van der Waals surface area contributed by atoms with Crippen LogP contribution in [0.1, 0.15) is 107 Å². The maximum absolute atomic E-state index is 14.7. The molecule has 0 aliphatic carbocycles. The molecule has 2 saturated heterocycles. The first kappa shape index (κ1) is 67.1. The van der Waals surface area contributed by atoms with Crippen LogP contribution in [0.25, 0.3) is 0 Å². The van der Waals surface area contributed by atoms with Gasteiger partial charge in [-0.2, -0.15) is 16.8 Å². The highest BCUT2D eigenvalue weighted by Crippen LogP contribution is 2.54. The maximum atomic E-state index is 14.7. The number of nitrogens with two attached hydrogens (primary N) is 2. The molecule has 0 amide bonds. The minimum atomic E-state index is -4.38. The molecule has 0 saturated carbocycles. The summed E-state index contributed by atoms with van der Waals surface area (Å²) in [5.74, 6) is 10.7. The van der Waals surface area contributed by atoms with Crippen molar-refractivity contribution in [1.82, 2.24) is 18.3 Å². The van der Waals surface area contributed by atoms with Gasteiger partial charge in [0, 0.05) is 23.5 Å². The van der Waals surface area contributed by atoms with E-state index >= 15 is 0 Å². The van der Waals surface area contributed by atoms with Crippen molar-refractivity contribution in [3.63, 3.8) is 0 Å². The van der Waals surface area contributed by atoms with Crippen LogP contribution in [0, 0.1) is 37.5 Å². The molecule has 2 aromatic heterocycles. The van der Waals surface area contributed by atoms with Gasteiger partial charge in [0.25, 0.3) is 31.4 Å². The Kier molecular flexibility index (Phi) is 18.1. The van der Waals surface area contributed by atoms with E-state index in [1.807, 2.05) is 93.9 Å². The number of hydrogen-bond donors (Lipinski definition) is 2. The van der Waals surface area contributed by atoms with Gasteiger partial charge >= 0.3 is 11.4 Å². The number of nitrogens with zero attached hydrogens (tertiary/aromatic N) is 4. The van der Waals surface area contributed by atoms with E-state index in [0.717, 1.165) is 29.1 Å². The molecule has 2 aromatic rings. The minimum absolute atomic E-state index is 0.110. The zero-order valence-corrected chi connectivity index (χ0v) is 57.5. The van der Waals surface area contributed by atoms with E-state index in [0.29, 0.717) is 0 Å². The zero-order valence-electron chi connectivity index (χ0n) is 51.9. The largest absolute Gasteiger partial charge is 0.414 e. The van der Waals surface area contributed by atoms with Gasteiger partial charge in [0.1, 0.15) is 24.4 Å². The number of ether oxygens (including phenoxy) is 2. The van der Waals surface area contributed by atoms with Crippen LogP contribution < -0.4 is 34.0 Å². The molecule has 6 heterocycles. The SMILES string of the molecule is Cc1cn([C@@H]2O[C@H](CO[Si](C)(C)C(C)(C)C)[C@@]3(OS(=O)(=O)C=C3N)[C@H]2O[Si](C)(C)C(C)(C)C)c(=O)n(CC#CC#CCn2c(=O)c(C)cn([C@@H]3O[C@H](CO[Si](C)(C)C(C)(C)C)[C@@]4(OS(=O)(=O)C=C4N)[C@H]3O[Si](C)(C)C(C)(C)C)c2=O)c1=O. The molecule has 2 fully saturated rings. The summed E-state index contributed by atoms with van der Waals surface area (Å²) in [5, 5.41) is 0.274. The van der Waals surface area contributed by atoms with Crippen LogP contribution in [0.3, 0.4) is 0 Å². The first-order valence-electron chi connectivity index (χ1n) is 27.3. The lowest BCUT2D eigenvalue weighted by molar-refractivity contribution is -0.0567. The molecule has 22 nitrogen and oxygen atoms in total. The average molecular weight is 1250 g/mol. The molecule has 4 aliphatic heterocycles. The van der Waals surface area contributed by atoms with E-state index in [2.05, 4.69) is 65.2 Å². The molecule has 4 aliphatic rings. The Morgan fingerprint density at radius 1 is 0.537 bits per heavy atom. The first-order valence-corrected chi connectivity index (χ1v) is 41.9. The number of hydrogen-bond acceptors (Lipinski definition) is 18. The second kappa shape index (κ2) is 22.1. The standard InChI is InChI=1S/C54H88N6O16S2Si4/c1-35-29-59(45-41(73-81(19,20)51(9,10)11)53(37(55)33-77(65,66)75-53)39(71-45)31-69-79(15,16)49(3,4)5)47(63)57(43(35)61)27-25-23-24-26-28-58-44(62)36(2)30-60(48(58)64)46-42(74-82(21,22)52(12,13)14)54(38(56)34-78(67,68)76-54)40(72-46)32-70-80(17,18)50(6,7)8/h29-30,33-34,39-42,45-46H,27-28,31-32,55-56H2,1-22H3/t39-,40-,41+,42+,45-,46-,53-,54-/m1/s1. The van der Waals surface area contributed by atoms with E-state index in [9.17, 15) is 36.0 Å². The monoisotopic (exact) mass is 1250 g/mol. The van der Waals surface area contributed by atoms with E-state index in [1.54, 1.807) is 0 Å². The predicted octanol–water partition coefficient (Wildman–Crippen LogP) is 6.07. The number of rotatable bonds is 14. The summed E-state index contributed by atoms with van der Waals surface area (Å²) in [5.41, 5.74) is 6.15. The normalized spacial score (nSPS) is 26.9. The Morgan fingerprint density at radius 2 is 0.829 bits per heavy atom. The maximum Gasteiger partial charge on any atom is 0.334 e. The van der Waals surface area contributed by atoms with Crippen molar-refractivity contribution in [3.8, 4) is 23.7 Å². The Labute approximate surface area is 488 Å². The van der Waals surface area contributed by atoms with Crippen molar-refractivity contribution >= 4 is 53.5 Å². The highest BCUT2D eigenvalue weighted by atomic mass is 32.2. The molecule has 82 heavy (non-hydrogen) atoms. The Bertz CT molecular complexity index is 3310. The van der Waals surface area contributed by atoms with Crippen molar-refractivity contribution in [3.05, 3.63) is 87.4 Å². The Hall–Kier alpha value is -3.99. The quantitative estimate of drug-likeness (QED) is 0.123. The molecular formula is C54H88N6O16S2Si4. The Morgan fingerprint density at radius 3 is 1.09 bits per heavy atom. The molecule has 0 unspecified atom stereocenters. The van der Waals surface area contributed by atoms with Gasteiger partial charge in [-0.1, -0.05) is 94.9 Å². The van der Waals surface area contributed by atoms with E-state index < -0.39 is 147 Å². The molecular weight excluding hydrogens is 1170 g/mol. The van der Waals surface area contributed by atoms with Gasteiger partial charge in [-0.25, -0.2) is 27.1 Å². The molecule has 458 valence electrons. The first-order chi connectivity index (χ1) is 36.9. The molecule has 28 heteroatoms. The zero-order chi connectivity index (χ0) is 62.5. The van der Waals surface area contributed by atoms with Crippen LogP contribution >= 0.6 is 0 Å². The average Bonchev–Trinajstić information content (AvgIpc) is 4.13. The highest BCUT2D eigenvalue weighted by molar-refractivity contribution is 7.90. The second-order valence-corrected chi connectivity index (χ2v) is 50.0. The van der Waals surface area contributed by atoms with Crippen LogP contribution in [-0.4, -0.2) is 117 Å². The molecule has 8 atom stereocenters. The van der Waals surface area contributed by atoms with Crippen LogP contribution in [0.5, 0.6) is 0 Å². The van der Waals surface area contributed by atoms with Gasteiger partial charge in [0.15, 0.2) is 56.9 Å². The third-order valence-corrected chi connectivity index (χ3v) is 38.1. The van der Waals surface area contributed by atoms with Gasteiger partial charge in [-0.3, -0.25) is 18.7 Å². The summed E-state index contributed by atoms with van der Waals surface area (Å²) in [4.78, 5) is 57.0. The van der Waals surface area contributed by atoms with E-state index in [1.165, 1.54) is 26.2 Å². The number of aromatic nitrogens is 4. The van der Waals surface area contributed by atoms with E-state index in [-0.39, 0.29) is 45.8 Å². The van der Waals surface area contributed by atoms with Crippen LogP contribution in [-0.2, 0) is 68.9 Å². The molecule has 0 radical (unpaired) electrons. The third-order valence-electron chi connectivity index (χ3n) is 18.1. The number of aryl methyl sites for hydroxylation is 2. The van der Waals surface area contributed by atoms with Gasteiger partial charge in [0.2, 0.25) is 0 Å². The van der Waals surface area contributed by atoms with Gasteiger partial charge < -0.3 is 38.6 Å². The van der Waals surface area contributed by atoms with Crippen LogP contribution in [0.15, 0.2) is 53.8 Å². The van der Waals surface area contributed by atoms with Crippen molar-refractivity contribution in [1.29, 1.82) is 0 Å². The molecule has 0 aromatic carbocycles. The molecule has 0 bridgehead atoms. The van der Waals surface area contributed by atoms with Crippen LogP contribution in [0.4, 0.5) is 0 Å². The van der Waals surface area contributed by atoms with Crippen molar-refractivity contribution in [2.75, 3.05) is 13.2 Å². The lowest BCUT2D eigenvalue weighted by Gasteiger charge is -2.43. The summed E-state index contributed by atoms with van der Waals surface area (Å²) in [7, 11) is -19.6. The third kappa shape index (κ3) is 12.5. The van der Waals surface area contributed by atoms with E-state index in [4.69, 9.17) is 47.0 Å². The summed E-state index contributed by atoms with van der Waals surface area (Å²) >= 11 is 0. The summed E-state index contributed by atoms with van der Waals surface area (Å²) in [6.07, 6.45) is -5.25. The van der Waals surface area contributed by atoms with Crippen molar-refractivity contribution in [2.45, 2.75) is 231 Å². The fourth-order valence-electron chi connectivity index (χ4n) is 8.91. The Balaban J connectivity index is 1.39. The van der Waals surface area contributed by atoms with Gasteiger partial charge in [0.05, 0.1) is 48.5 Å². The molecule has 2 spiro atoms. The fraction of sp³-hybridized carbons (Fsp3) is 0.704. The summed E-state index contributed by atoms with van der Waals surface area (Å²) in [6, 6.07) is 0. The van der Waals surface area contributed by atoms with Gasteiger partial charge in [-0.05, 0) is 98.2 Å². The van der Waals surface area contributed by atoms with Crippen molar-refractivity contribution in [2.24, 2.45) is 11.5 Å². The lowest BCUT2D eigenvalue weighted by atomic mass is 9.89. The highest BCUT2D eigenvalue weighted by Gasteiger charge is 2.69. The minimum Gasteiger partial charge on any atom is -0.414 e. The second-order valence-electron chi connectivity index (χ2n) is 28.0. The van der Waals surface area contributed by atoms with Crippen molar-refractivity contribution < 1.29 is 52.4 Å².